The van der Waals surface area contributed by atoms with Gasteiger partial charge in [0, 0.05) is 44.7 Å². The smallest absolute Gasteiger partial charge is 0.223 e. The van der Waals surface area contributed by atoms with E-state index in [1.54, 1.807) is 12.1 Å². The Hall–Kier alpha value is -2.44. The first-order chi connectivity index (χ1) is 15.2. The molecule has 1 N–H and O–H groups in total. The average molecular weight is 426 g/mol. The molecule has 0 radical (unpaired) electrons. The second-order valence-corrected chi connectivity index (χ2v) is 8.50. The number of ether oxygens (including phenoxy) is 1. The molecule has 0 spiro atoms. The molecule has 2 aromatic rings. The summed E-state index contributed by atoms with van der Waals surface area (Å²) in [6.45, 7) is 5.11. The van der Waals surface area contributed by atoms with E-state index in [4.69, 9.17) is 4.74 Å². The molecular weight excluding hydrogens is 393 g/mol. The zero-order valence-corrected chi connectivity index (χ0v) is 18.0. The highest BCUT2D eigenvalue weighted by molar-refractivity contribution is 5.79. The van der Waals surface area contributed by atoms with Crippen molar-refractivity contribution in [1.29, 1.82) is 0 Å². The van der Waals surface area contributed by atoms with Crippen LogP contribution in [0.15, 0.2) is 54.6 Å². The molecule has 2 atom stereocenters. The summed E-state index contributed by atoms with van der Waals surface area (Å²) < 4.78 is 18.5. The van der Waals surface area contributed by atoms with Gasteiger partial charge in [-0.3, -0.25) is 9.69 Å². The number of likely N-dealkylation sites (tertiary alicyclic amines) is 2. The van der Waals surface area contributed by atoms with Crippen molar-refractivity contribution in [1.82, 2.24) is 15.1 Å². The van der Waals surface area contributed by atoms with Gasteiger partial charge in [-0.15, -0.1) is 0 Å². The lowest BCUT2D eigenvalue weighted by molar-refractivity contribution is -0.131. The summed E-state index contributed by atoms with van der Waals surface area (Å²) in [5, 5.41) is 3.41. The topological polar surface area (TPSA) is 44.8 Å². The zero-order chi connectivity index (χ0) is 21.5. The van der Waals surface area contributed by atoms with Crippen LogP contribution in [0.4, 0.5) is 4.39 Å². The van der Waals surface area contributed by atoms with Crippen LogP contribution in [0, 0.1) is 5.82 Å². The Balaban J connectivity index is 1.17. The maximum atomic E-state index is 12.9. The van der Waals surface area contributed by atoms with Crippen molar-refractivity contribution in [2.24, 2.45) is 0 Å². The fourth-order valence-electron chi connectivity index (χ4n) is 4.74. The molecule has 2 heterocycles. The van der Waals surface area contributed by atoms with E-state index in [-0.39, 0.29) is 5.82 Å². The summed E-state index contributed by atoms with van der Waals surface area (Å²) in [4.78, 5) is 17.2. The molecule has 4 rings (SSSR count). The van der Waals surface area contributed by atoms with E-state index >= 15 is 0 Å². The van der Waals surface area contributed by atoms with Gasteiger partial charge >= 0.3 is 0 Å². The average Bonchev–Trinajstić information content (AvgIpc) is 3.38. The Morgan fingerprint density at radius 2 is 1.84 bits per heavy atom. The number of hydrogen-bond donors (Lipinski definition) is 1. The Kier molecular flexibility index (Phi) is 7.54. The molecule has 31 heavy (non-hydrogen) atoms. The molecule has 0 aliphatic carbocycles. The van der Waals surface area contributed by atoms with Gasteiger partial charge in [0.15, 0.2) is 0 Å². The summed E-state index contributed by atoms with van der Waals surface area (Å²) >= 11 is 0. The number of rotatable bonds is 10. The number of halogens is 1. The number of carbonyl (C=O) groups excluding carboxylic acids is 1. The van der Waals surface area contributed by atoms with Crippen molar-refractivity contribution in [3.63, 3.8) is 0 Å². The molecule has 2 fully saturated rings. The third kappa shape index (κ3) is 6.05. The molecule has 2 aromatic carbocycles. The maximum absolute atomic E-state index is 12.9. The van der Waals surface area contributed by atoms with Crippen LogP contribution < -0.4 is 10.1 Å². The van der Waals surface area contributed by atoms with Crippen molar-refractivity contribution in [3.05, 3.63) is 66.0 Å². The molecule has 2 aliphatic heterocycles. The van der Waals surface area contributed by atoms with E-state index in [1.165, 1.54) is 17.7 Å². The predicted octanol–water partition coefficient (Wildman–Crippen LogP) is 3.45. The lowest BCUT2D eigenvalue weighted by atomic mass is 10.1. The lowest BCUT2D eigenvalue weighted by Gasteiger charge is -2.31. The van der Waals surface area contributed by atoms with Crippen molar-refractivity contribution < 1.29 is 13.9 Å². The molecular formula is C25H32FN3O2. The SMILES string of the molecule is O=C1CC[C@H](CCNCCOc2ccc(F)cc2)N1[C@@H]1CCN(Cc2ccccc2)C1. The van der Waals surface area contributed by atoms with E-state index in [9.17, 15) is 9.18 Å². The molecule has 0 bridgehead atoms. The standard InChI is InChI=1S/C25H32FN3O2/c26-21-6-9-24(10-7-21)31-17-15-27-14-12-22-8-11-25(30)29(22)23-13-16-28(19-23)18-20-4-2-1-3-5-20/h1-7,9-10,22-23,27H,8,11-19H2/t22-,23-/m1/s1. The second-order valence-electron chi connectivity index (χ2n) is 8.50. The molecule has 0 aromatic heterocycles. The van der Waals surface area contributed by atoms with Gasteiger partial charge in [0.1, 0.15) is 18.2 Å². The van der Waals surface area contributed by atoms with Gasteiger partial charge in [0.05, 0.1) is 0 Å². The fraction of sp³-hybridized carbons (Fsp3) is 0.480. The van der Waals surface area contributed by atoms with E-state index < -0.39 is 0 Å². The van der Waals surface area contributed by atoms with E-state index in [0.717, 1.165) is 52.0 Å². The summed E-state index contributed by atoms with van der Waals surface area (Å²) in [7, 11) is 0. The van der Waals surface area contributed by atoms with Gasteiger partial charge in [0.25, 0.3) is 0 Å². The van der Waals surface area contributed by atoms with Gasteiger partial charge < -0.3 is 15.0 Å². The molecule has 1 amide bonds. The highest BCUT2D eigenvalue weighted by atomic mass is 19.1. The Bertz CT molecular complexity index is 830. The minimum absolute atomic E-state index is 0.258. The summed E-state index contributed by atoms with van der Waals surface area (Å²) in [6, 6.07) is 17.3. The molecule has 0 unspecified atom stereocenters. The molecule has 166 valence electrons. The van der Waals surface area contributed by atoms with Crippen LogP contribution in [-0.2, 0) is 11.3 Å². The van der Waals surface area contributed by atoms with Crippen LogP contribution in [0.5, 0.6) is 5.75 Å². The molecule has 2 aliphatic rings. The first-order valence-electron chi connectivity index (χ1n) is 11.4. The van der Waals surface area contributed by atoms with Crippen LogP contribution in [0.25, 0.3) is 0 Å². The summed E-state index contributed by atoms with van der Waals surface area (Å²) in [5.74, 6) is 0.736. The van der Waals surface area contributed by atoms with Gasteiger partial charge in [-0.1, -0.05) is 30.3 Å². The highest BCUT2D eigenvalue weighted by Crippen LogP contribution is 2.28. The van der Waals surface area contributed by atoms with E-state index in [2.05, 4.69) is 39.4 Å². The summed E-state index contributed by atoms with van der Waals surface area (Å²) in [5.41, 5.74) is 1.33. The van der Waals surface area contributed by atoms with E-state index in [1.807, 2.05) is 6.07 Å². The van der Waals surface area contributed by atoms with Gasteiger partial charge in [-0.2, -0.15) is 0 Å². The van der Waals surface area contributed by atoms with Crippen molar-refractivity contribution in [3.8, 4) is 5.75 Å². The van der Waals surface area contributed by atoms with Gasteiger partial charge in [0.2, 0.25) is 5.91 Å². The summed E-state index contributed by atoms with van der Waals surface area (Å²) in [6.07, 6.45) is 3.67. The van der Waals surface area contributed by atoms with E-state index in [0.29, 0.717) is 36.8 Å². The number of carbonyl (C=O) groups is 1. The first kappa shape index (κ1) is 21.8. The highest BCUT2D eigenvalue weighted by Gasteiger charge is 2.38. The van der Waals surface area contributed by atoms with Crippen molar-refractivity contribution in [2.45, 2.75) is 44.3 Å². The minimum Gasteiger partial charge on any atom is -0.492 e. The molecule has 6 heteroatoms. The van der Waals surface area contributed by atoms with Crippen LogP contribution >= 0.6 is 0 Å². The largest absolute Gasteiger partial charge is 0.492 e. The monoisotopic (exact) mass is 425 g/mol. The first-order valence-corrected chi connectivity index (χ1v) is 11.4. The van der Waals surface area contributed by atoms with Crippen molar-refractivity contribution in [2.75, 3.05) is 32.8 Å². The number of benzene rings is 2. The number of nitrogens with one attached hydrogen (secondary N) is 1. The lowest BCUT2D eigenvalue weighted by Crippen LogP contribution is -2.44. The van der Waals surface area contributed by atoms with Crippen LogP contribution in [0.2, 0.25) is 0 Å². The predicted molar refractivity (Wildman–Crippen MR) is 119 cm³/mol. The minimum atomic E-state index is -0.258. The second kappa shape index (κ2) is 10.7. The third-order valence-electron chi connectivity index (χ3n) is 6.28. The number of nitrogens with zero attached hydrogens (tertiary/aromatic N) is 2. The normalized spacial score (nSPS) is 21.7. The Morgan fingerprint density at radius 1 is 1.03 bits per heavy atom. The number of amides is 1. The van der Waals surface area contributed by atoms with Crippen LogP contribution in [0.3, 0.4) is 0 Å². The van der Waals surface area contributed by atoms with Crippen LogP contribution in [0.1, 0.15) is 31.2 Å². The molecule has 5 nitrogen and oxygen atoms in total. The molecule has 2 saturated heterocycles. The van der Waals surface area contributed by atoms with Gasteiger partial charge in [-0.25, -0.2) is 4.39 Å². The van der Waals surface area contributed by atoms with Crippen LogP contribution in [-0.4, -0.2) is 60.6 Å². The Labute approximate surface area is 184 Å². The third-order valence-corrected chi connectivity index (χ3v) is 6.28. The molecule has 0 saturated carbocycles. The number of hydrogen-bond acceptors (Lipinski definition) is 4. The van der Waals surface area contributed by atoms with Gasteiger partial charge in [-0.05, 0) is 55.6 Å². The fourth-order valence-corrected chi connectivity index (χ4v) is 4.74. The van der Waals surface area contributed by atoms with Crippen molar-refractivity contribution >= 4 is 5.91 Å². The Morgan fingerprint density at radius 3 is 2.65 bits per heavy atom. The maximum Gasteiger partial charge on any atom is 0.223 e. The zero-order valence-electron chi connectivity index (χ0n) is 18.0. The quantitative estimate of drug-likeness (QED) is 0.593.